The highest BCUT2D eigenvalue weighted by Crippen LogP contribution is 2.18. The van der Waals surface area contributed by atoms with E-state index in [0.717, 1.165) is 17.7 Å². The predicted octanol–water partition coefficient (Wildman–Crippen LogP) is 2.03. The van der Waals surface area contributed by atoms with Crippen LogP contribution in [0.4, 0.5) is 0 Å². The van der Waals surface area contributed by atoms with Crippen molar-refractivity contribution in [3.63, 3.8) is 0 Å². The van der Waals surface area contributed by atoms with E-state index in [-0.39, 0.29) is 6.04 Å². The summed E-state index contributed by atoms with van der Waals surface area (Å²) in [6.07, 6.45) is 4.26. The maximum Gasteiger partial charge on any atom is 0.108 e. The number of nitrogens with two attached hydrogens (primary N) is 1. The van der Waals surface area contributed by atoms with Gasteiger partial charge in [0.2, 0.25) is 0 Å². The molecule has 0 saturated carbocycles. The molecule has 60 valence electrons. The van der Waals surface area contributed by atoms with E-state index in [0.29, 0.717) is 0 Å². The molecule has 0 radical (unpaired) electrons. The predicted molar refractivity (Wildman–Crippen MR) is 45.2 cm³/mol. The zero-order chi connectivity index (χ0) is 8.27. The summed E-state index contributed by atoms with van der Waals surface area (Å²) in [5, 5.41) is 0. The normalized spacial score (nSPS) is 12.9. The summed E-state index contributed by atoms with van der Waals surface area (Å²) in [6.45, 7) is 5.67. The van der Waals surface area contributed by atoms with Gasteiger partial charge in [0.05, 0.1) is 12.3 Å². The lowest BCUT2D eigenvalue weighted by Gasteiger charge is -2.03. The van der Waals surface area contributed by atoms with Gasteiger partial charge in [-0.25, -0.2) is 0 Å². The van der Waals surface area contributed by atoms with Crippen molar-refractivity contribution in [2.24, 2.45) is 5.73 Å². The number of hydrogen-bond acceptors (Lipinski definition) is 2. The first-order chi connectivity index (χ1) is 5.29. The summed E-state index contributed by atoms with van der Waals surface area (Å²) in [5.74, 6) is 0.956. The summed E-state index contributed by atoms with van der Waals surface area (Å²) in [6, 6.07) is 1.80. The van der Waals surface area contributed by atoms with Crippen molar-refractivity contribution >= 4 is 0 Å². The summed E-state index contributed by atoms with van der Waals surface area (Å²) < 4.78 is 5.21. The SMILES string of the molecule is C=C[C@@H](N)c1ccoc1CC. The first-order valence-electron chi connectivity index (χ1n) is 3.74. The van der Waals surface area contributed by atoms with Crippen molar-refractivity contribution in [3.8, 4) is 0 Å². The lowest BCUT2D eigenvalue weighted by atomic mass is 10.1. The van der Waals surface area contributed by atoms with Crippen LogP contribution >= 0.6 is 0 Å². The lowest BCUT2D eigenvalue weighted by Crippen LogP contribution is -2.07. The summed E-state index contributed by atoms with van der Waals surface area (Å²) in [5.41, 5.74) is 6.78. The minimum absolute atomic E-state index is 0.0938. The highest BCUT2D eigenvalue weighted by Gasteiger charge is 2.08. The molecule has 0 aliphatic rings. The van der Waals surface area contributed by atoms with E-state index in [9.17, 15) is 0 Å². The average Bonchev–Trinajstić information content (AvgIpc) is 2.50. The Kier molecular flexibility index (Phi) is 2.49. The first-order valence-corrected chi connectivity index (χ1v) is 3.74. The molecule has 0 unspecified atom stereocenters. The topological polar surface area (TPSA) is 39.2 Å². The van der Waals surface area contributed by atoms with E-state index < -0.39 is 0 Å². The molecular weight excluding hydrogens is 138 g/mol. The van der Waals surface area contributed by atoms with Gasteiger partial charge < -0.3 is 10.2 Å². The highest BCUT2D eigenvalue weighted by molar-refractivity contribution is 5.24. The van der Waals surface area contributed by atoms with Gasteiger partial charge in [-0.2, -0.15) is 0 Å². The standard InChI is InChI=1S/C9H13NO/c1-3-8(10)7-5-6-11-9(7)4-2/h3,5-6,8H,1,4,10H2,2H3/t8-/m1/s1. The molecule has 1 heterocycles. The molecule has 1 aromatic rings. The van der Waals surface area contributed by atoms with Gasteiger partial charge in [0.25, 0.3) is 0 Å². The Labute approximate surface area is 66.7 Å². The van der Waals surface area contributed by atoms with Gasteiger partial charge in [-0.1, -0.05) is 13.0 Å². The molecule has 0 amide bonds. The minimum atomic E-state index is -0.0938. The molecule has 0 spiro atoms. The molecule has 1 atom stereocenters. The molecule has 0 saturated heterocycles. The molecular formula is C9H13NO. The van der Waals surface area contributed by atoms with Gasteiger partial charge in [-0.15, -0.1) is 6.58 Å². The van der Waals surface area contributed by atoms with E-state index in [1.807, 2.05) is 13.0 Å². The Morgan fingerprint density at radius 3 is 3.09 bits per heavy atom. The second-order valence-corrected chi connectivity index (χ2v) is 2.41. The number of rotatable bonds is 3. The van der Waals surface area contributed by atoms with Crippen LogP contribution in [0.5, 0.6) is 0 Å². The molecule has 11 heavy (non-hydrogen) atoms. The van der Waals surface area contributed by atoms with Gasteiger partial charge >= 0.3 is 0 Å². The fraction of sp³-hybridized carbons (Fsp3) is 0.333. The number of furan rings is 1. The van der Waals surface area contributed by atoms with Crippen LogP contribution in [0, 0.1) is 0 Å². The molecule has 0 bridgehead atoms. The minimum Gasteiger partial charge on any atom is -0.469 e. The molecule has 1 rings (SSSR count). The quantitative estimate of drug-likeness (QED) is 0.671. The van der Waals surface area contributed by atoms with Crippen LogP contribution < -0.4 is 5.73 Å². The fourth-order valence-electron chi connectivity index (χ4n) is 1.06. The van der Waals surface area contributed by atoms with Crippen molar-refractivity contribution in [1.82, 2.24) is 0 Å². The van der Waals surface area contributed by atoms with Crippen molar-refractivity contribution in [1.29, 1.82) is 0 Å². The van der Waals surface area contributed by atoms with Crippen LogP contribution in [0.25, 0.3) is 0 Å². The summed E-state index contributed by atoms with van der Waals surface area (Å²) in [4.78, 5) is 0. The van der Waals surface area contributed by atoms with Crippen LogP contribution in [-0.2, 0) is 6.42 Å². The second kappa shape index (κ2) is 3.39. The van der Waals surface area contributed by atoms with Crippen molar-refractivity contribution < 1.29 is 4.42 Å². The maximum absolute atomic E-state index is 5.74. The highest BCUT2D eigenvalue weighted by atomic mass is 16.3. The average molecular weight is 151 g/mol. The number of aryl methyl sites for hydroxylation is 1. The van der Waals surface area contributed by atoms with Gasteiger partial charge in [-0.05, 0) is 6.07 Å². The molecule has 0 aliphatic carbocycles. The zero-order valence-electron chi connectivity index (χ0n) is 6.71. The summed E-state index contributed by atoms with van der Waals surface area (Å²) >= 11 is 0. The third-order valence-corrected chi connectivity index (χ3v) is 1.71. The van der Waals surface area contributed by atoms with Crippen LogP contribution in [0.2, 0.25) is 0 Å². The Bertz CT molecular complexity index is 239. The summed E-state index contributed by atoms with van der Waals surface area (Å²) in [7, 11) is 0. The van der Waals surface area contributed by atoms with Gasteiger partial charge in [0.1, 0.15) is 5.76 Å². The Morgan fingerprint density at radius 2 is 2.55 bits per heavy atom. The van der Waals surface area contributed by atoms with Crippen molar-refractivity contribution in [2.75, 3.05) is 0 Å². The molecule has 1 aromatic heterocycles. The fourth-order valence-corrected chi connectivity index (χ4v) is 1.06. The van der Waals surface area contributed by atoms with E-state index in [4.69, 9.17) is 10.2 Å². The molecule has 2 heteroatoms. The largest absolute Gasteiger partial charge is 0.469 e. The molecule has 2 nitrogen and oxygen atoms in total. The molecule has 0 fully saturated rings. The van der Waals surface area contributed by atoms with Crippen LogP contribution in [0.3, 0.4) is 0 Å². The van der Waals surface area contributed by atoms with E-state index in [1.54, 1.807) is 12.3 Å². The van der Waals surface area contributed by atoms with Crippen molar-refractivity contribution in [3.05, 3.63) is 36.3 Å². The molecule has 2 N–H and O–H groups in total. The molecule has 0 aliphatic heterocycles. The Hall–Kier alpha value is -1.02. The zero-order valence-corrected chi connectivity index (χ0v) is 6.71. The van der Waals surface area contributed by atoms with Gasteiger partial charge in [0, 0.05) is 12.0 Å². The van der Waals surface area contributed by atoms with Crippen LogP contribution in [-0.4, -0.2) is 0 Å². The van der Waals surface area contributed by atoms with Crippen LogP contribution in [0.15, 0.2) is 29.4 Å². The maximum atomic E-state index is 5.74. The monoisotopic (exact) mass is 151 g/mol. The number of hydrogen-bond donors (Lipinski definition) is 1. The third-order valence-electron chi connectivity index (χ3n) is 1.71. The molecule has 0 aromatic carbocycles. The van der Waals surface area contributed by atoms with Gasteiger partial charge in [0.15, 0.2) is 0 Å². The van der Waals surface area contributed by atoms with E-state index in [1.165, 1.54) is 0 Å². The Balaban J connectivity index is 2.91. The Morgan fingerprint density at radius 1 is 1.82 bits per heavy atom. The van der Waals surface area contributed by atoms with Crippen molar-refractivity contribution in [2.45, 2.75) is 19.4 Å². The van der Waals surface area contributed by atoms with E-state index in [2.05, 4.69) is 6.58 Å². The smallest absolute Gasteiger partial charge is 0.108 e. The van der Waals surface area contributed by atoms with Gasteiger partial charge in [-0.3, -0.25) is 0 Å². The third kappa shape index (κ3) is 1.52. The van der Waals surface area contributed by atoms with Crippen LogP contribution in [0.1, 0.15) is 24.3 Å². The second-order valence-electron chi connectivity index (χ2n) is 2.41. The van der Waals surface area contributed by atoms with E-state index >= 15 is 0 Å². The first kappa shape index (κ1) is 8.08. The lowest BCUT2D eigenvalue weighted by molar-refractivity contribution is 0.509.